The number of nitrogens with one attached hydrogen (secondary N) is 1. The number of non-ortho nitro benzene ring substituents is 1. The van der Waals surface area contributed by atoms with Gasteiger partial charge in [0, 0.05) is 17.8 Å². The molecule has 142 valence electrons. The summed E-state index contributed by atoms with van der Waals surface area (Å²) in [5.41, 5.74) is 8.04. The number of amides is 1. The van der Waals surface area contributed by atoms with E-state index in [0.29, 0.717) is 0 Å². The third-order valence-electron chi connectivity index (χ3n) is 4.06. The molecule has 0 atom stereocenters. The van der Waals surface area contributed by atoms with E-state index in [9.17, 15) is 19.7 Å². The van der Waals surface area contributed by atoms with E-state index < -0.39 is 23.4 Å². The van der Waals surface area contributed by atoms with Crippen LogP contribution in [-0.2, 0) is 22.4 Å². The number of anilines is 2. The van der Waals surface area contributed by atoms with Crippen LogP contribution < -0.4 is 11.1 Å². The number of nitro benzene ring substituents is 1. The molecule has 0 saturated heterocycles. The molecule has 1 amide bonds. The topological polar surface area (TPSA) is 125 Å². The van der Waals surface area contributed by atoms with Crippen molar-refractivity contribution in [2.24, 2.45) is 0 Å². The zero-order chi connectivity index (χ0) is 20.0. The first-order valence-corrected chi connectivity index (χ1v) is 8.49. The van der Waals surface area contributed by atoms with E-state index in [-0.39, 0.29) is 16.9 Å². The summed E-state index contributed by atoms with van der Waals surface area (Å²) in [7, 11) is 0. The van der Waals surface area contributed by atoms with Gasteiger partial charge in [0.15, 0.2) is 6.61 Å². The van der Waals surface area contributed by atoms with Gasteiger partial charge >= 0.3 is 5.97 Å². The molecule has 2 aromatic carbocycles. The third kappa shape index (κ3) is 4.81. The molecule has 2 rings (SSSR count). The molecule has 8 nitrogen and oxygen atoms in total. The van der Waals surface area contributed by atoms with Crippen LogP contribution in [0.3, 0.4) is 0 Å². The average Bonchev–Trinajstić information content (AvgIpc) is 2.66. The lowest BCUT2D eigenvalue weighted by atomic mass is 10.0. The molecule has 0 heterocycles. The monoisotopic (exact) mass is 371 g/mol. The number of esters is 1. The number of nitrogens with two attached hydrogens (primary N) is 1. The van der Waals surface area contributed by atoms with Crippen molar-refractivity contribution in [3.8, 4) is 0 Å². The molecule has 0 aliphatic heterocycles. The first-order chi connectivity index (χ1) is 12.9. The minimum atomic E-state index is -0.822. The normalized spacial score (nSPS) is 10.3. The maximum absolute atomic E-state index is 12.2. The van der Waals surface area contributed by atoms with Gasteiger partial charge in [-0.15, -0.1) is 0 Å². The fourth-order valence-electron chi connectivity index (χ4n) is 2.64. The van der Waals surface area contributed by atoms with E-state index in [1.165, 1.54) is 6.07 Å². The van der Waals surface area contributed by atoms with Crippen molar-refractivity contribution in [2.45, 2.75) is 26.7 Å². The number of aryl methyl sites for hydroxylation is 2. The van der Waals surface area contributed by atoms with Gasteiger partial charge in [-0.2, -0.15) is 0 Å². The van der Waals surface area contributed by atoms with Crippen LogP contribution in [0.4, 0.5) is 17.1 Å². The smallest absolute Gasteiger partial charge is 0.340 e. The Hall–Kier alpha value is -3.42. The molecule has 0 aromatic heterocycles. The second-order valence-corrected chi connectivity index (χ2v) is 5.81. The van der Waals surface area contributed by atoms with Crippen molar-refractivity contribution < 1.29 is 19.2 Å². The average molecular weight is 371 g/mol. The van der Waals surface area contributed by atoms with Crippen LogP contribution in [0.2, 0.25) is 0 Å². The summed E-state index contributed by atoms with van der Waals surface area (Å²) in [6, 6.07) is 9.22. The van der Waals surface area contributed by atoms with E-state index in [0.717, 1.165) is 41.8 Å². The van der Waals surface area contributed by atoms with Gasteiger partial charge in [0.05, 0.1) is 16.2 Å². The lowest BCUT2D eigenvalue weighted by molar-refractivity contribution is -0.384. The van der Waals surface area contributed by atoms with Gasteiger partial charge in [-0.25, -0.2) is 4.79 Å². The molecule has 0 fully saturated rings. The minimum absolute atomic E-state index is 0.0309. The lowest BCUT2D eigenvalue weighted by Crippen LogP contribution is -2.22. The Kier molecular flexibility index (Phi) is 6.48. The zero-order valence-corrected chi connectivity index (χ0v) is 15.2. The Bertz CT molecular complexity index is 857. The predicted molar refractivity (Wildman–Crippen MR) is 102 cm³/mol. The first-order valence-electron chi connectivity index (χ1n) is 8.49. The van der Waals surface area contributed by atoms with Crippen molar-refractivity contribution in [3.05, 3.63) is 63.2 Å². The number of nitrogen functional groups attached to an aromatic ring is 1. The molecule has 0 aliphatic carbocycles. The molecular formula is C19H21N3O5. The fourth-order valence-corrected chi connectivity index (χ4v) is 2.64. The predicted octanol–water partition coefficient (Wildman–Crippen LogP) is 3.10. The Morgan fingerprint density at radius 1 is 1.15 bits per heavy atom. The second-order valence-electron chi connectivity index (χ2n) is 5.81. The van der Waals surface area contributed by atoms with Gasteiger partial charge in [0.25, 0.3) is 11.6 Å². The number of nitrogens with zero attached hydrogens (tertiary/aromatic N) is 1. The molecule has 0 unspecified atom stereocenters. The summed E-state index contributed by atoms with van der Waals surface area (Å²) in [6.07, 6.45) is 1.51. The first kappa shape index (κ1) is 19.9. The van der Waals surface area contributed by atoms with Crippen molar-refractivity contribution in [3.63, 3.8) is 0 Å². The number of nitro groups is 1. The number of carbonyl (C=O) groups excluding carboxylic acids is 2. The van der Waals surface area contributed by atoms with Crippen LogP contribution >= 0.6 is 0 Å². The highest BCUT2D eigenvalue weighted by Gasteiger charge is 2.17. The van der Waals surface area contributed by atoms with Crippen molar-refractivity contribution in [1.29, 1.82) is 0 Å². The van der Waals surface area contributed by atoms with E-state index in [1.54, 1.807) is 0 Å². The van der Waals surface area contributed by atoms with Crippen LogP contribution in [-0.4, -0.2) is 23.4 Å². The molecule has 0 aliphatic rings. The van der Waals surface area contributed by atoms with Gasteiger partial charge in [0.2, 0.25) is 0 Å². The highest BCUT2D eigenvalue weighted by Crippen LogP contribution is 2.23. The second kappa shape index (κ2) is 8.79. The highest BCUT2D eigenvalue weighted by atomic mass is 16.6. The maximum atomic E-state index is 12.2. The van der Waals surface area contributed by atoms with E-state index in [1.807, 2.05) is 32.0 Å². The van der Waals surface area contributed by atoms with Crippen LogP contribution in [0, 0.1) is 10.1 Å². The fraction of sp³-hybridized carbons (Fsp3) is 0.263. The molecule has 0 radical (unpaired) electrons. The quantitative estimate of drug-likeness (QED) is 0.333. The molecule has 0 bridgehead atoms. The summed E-state index contributed by atoms with van der Waals surface area (Å²) in [4.78, 5) is 34.4. The van der Waals surface area contributed by atoms with Gasteiger partial charge in [-0.1, -0.05) is 32.0 Å². The Labute approximate surface area is 156 Å². The summed E-state index contributed by atoms with van der Waals surface area (Å²) >= 11 is 0. The SMILES string of the molecule is CCc1cccc(CC)c1NC(=O)COC(=O)c1ccc([N+](=O)[O-])cc1N. The van der Waals surface area contributed by atoms with Crippen molar-refractivity contribution >= 4 is 28.9 Å². The van der Waals surface area contributed by atoms with Crippen molar-refractivity contribution in [1.82, 2.24) is 0 Å². The number of hydrogen-bond donors (Lipinski definition) is 2. The highest BCUT2D eigenvalue weighted by molar-refractivity contribution is 5.99. The molecule has 0 spiro atoms. The van der Waals surface area contributed by atoms with Gasteiger partial charge in [-0.05, 0) is 30.0 Å². The maximum Gasteiger partial charge on any atom is 0.340 e. The number of para-hydroxylation sites is 1. The number of carbonyl (C=O) groups is 2. The van der Waals surface area contributed by atoms with Crippen LogP contribution in [0.25, 0.3) is 0 Å². The summed E-state index contributed by atoms with van der Waals surface area (Å²) < 4.78 is 4.99. The lowest BCUT2D eigenvalue weighted by Gasteiger charge is -2.14. The van der Waals surface area contributed by atoms with Gasteiger partial charge < -0.3 is 15.8 Å². The van der Waals surface area contributed by atoms with Gasteiger partial charge in [0.1, 0.15) is 0 Å². The summed E-state index contributed by atoms with van der Waals surface area (Å²) in [5.74, 6) is -1.29. The minimum Gasteiger partial charge on any atom is -0.452 e. The number of ether oxygens (including phenoxy) is 1. The van der Waals surface area contributed by atoms with Crippen LogP contribution in [0.1, 0.15) is 35.3 Å². The van der Waals surface area contributed by atoms with E-state index in [4.69, 9.17) is 10.5 Å². The Morgan fingerprint density at radius 3 is 2.30 bits per heavy atom. The number of benzene rings is 2. The molecule has 2 aromatic rings. The molecule has 27 heavy (non-hydrogen) atoms. The summed E-state index contributed by atoms with van der Waals surface area (Å²) in [5, 5.41) is 13.5. The number of rotatable bonds is 7. The molecule has 3 N–H and O–H groups in total. The molecule has 0 saturated carbocycles. The van der Waals surface area contributed by atoms with E-state index in [2.05, 4.69) is 5.32 Å². The third-order valence-corrected chi connectivity index (χ3v) is 4.06. The Balaban J connectivity index is 2.04. The van der Waals surface area contributed by atoms with Gasteiger partial charge in [-0.3, -0.25) is 14.9 Å². The van der Waals surface area contributed by atoms with E-state index >= 15 is 0 Å². The van der Waals surface area contributed by atoms with Crippen molar-refractivity contribution in [2.75, 3.05) is 17.7 Å². The van der Waals surface area contributed by atoms with Crippen LogP contribution in [0.15, 0.2) is 36.4 Å². The largest absolute Gasteiger partial charge is 0.452 e. The molecule has 8 heteroatoms. The standard InChI is InChI=1S/C19H21N3O5/c1-3-12-6-5-7-13(4-2)18(12)21-17(23)11-27-19(24)15-9-8-14(22(25)26)10-16(15)20/h5-10H,3-4,11,20H2,1-2H3,(H,21,23). The van der Waals surface area contributed by atoms with Crippen LogP contribution in [0.5, 0.6) is 0 Å². The number of hydrogen-bond acceptors (Lipinski definition) is 6. The molecular weight excluding hydrogens is 350 g/mol. The zero-order valence-electron chi connectivity index (χ0n) is 15.2. The Morgan fingerprint density at radius 2 is 1.78 bits per heavy atom. The summed E-state index contributed by atoms with van der Waals surface area (Å²) in [6.45, 7) is 3.49.